The normalized spacial score (nSPS) is 18.5. The van der Waals surface area contributed by atoms with Crippen LogP contribution in [0.2, 0.25) is 0 Å². The van der Waals surface area contributed by atoms with Gasteiger partial charge in [-0.2, -0.15) is 4.31 Å². The van der Waals surface area contributed by atoms with E-state index in [0.29, 0.717) is 45.1 Å². The molecule has 33 heavy (non-hydrogen) atoms. The van der Waals surface area contributed by atoms with Gasteiger partial charge in [0.1, 0.15) is 5.75 Å². The lowest BCUT2D eigenvalue weighted by Gasteiger charge is -2.36. The summed E-state index contributed by atoms with van der Waals surface area (Å²) < 4.78 is 32.9. The number of ether oxygens (including phenoxy) is 1. The summed E-state index contributed by atoms with van der Waals surface area (Å²) in [6, 6.07) is 10.5. The van der Waals surface area contributed by atoms with E-state index in [2.05, 4.69) is 24.9 Å². The largest absolute Gasteiger partial charge is 0.494 e. The summed E-state index contributed by atoms with van der Waals surface area (Å²) >= 11 is 0. The van der Waals surface area contributed by atoms with E-state index >= 15 is 0 Å². The van der Waals surface area contributed by atoms with Gasteiger partial charge in [0, 0.05) is 58.9 Å². The van der Waals surface area contributed by atoms with Crippen molar-refractivity contribution in [2.24, 2.45) is 0 Å². The number of nitrogens with zero attached hydrogens (tertiary/aromatic N) is 6. The van der Waals surface area contributed by atoms with Crippen molar-refractivity contribution >= 4 is 21.7 Å². The van der Waals surface area contributed by atoms with Crippen LogP contribution in [0, 0.1) is 0 Å². The quantitative estimate of drug-likeness (QED) is 0.583. The van der Waals surface area contributed by atoms with Crippen LogP contribution < -0.4 is 14.5 Å². The highest BCUT2D eigenvalue weighted by molar-refractivity contribution is 7.89. The number of rotatable bonds is 8. The molecule has 2 aliphatic heterocycles. The molecule has 2 aromatic rings. The standard InChI is InChI=1S/C22H32N6O4S/c1-2-32-19-3-5-20(6-4-19)33(30,31)28-15-13-27(14-16-28)22-8-7-21(23-24-22)26-11-9-25(10-12-26)17-18-29/h3-8,29H,2,9-18H2,1H3. The van der Waals surface area contributed by atoms with Crippen molar-refractivity contribution in [2.45, 2.75) is 11.8 Å². The number of β-amino-alcohol motifs (C(OH)–C–C–N with tert-alkyl or cyclic N) is 1. The van der Waals surface area contributed by atoms with Crippen molar-refractivity contribution in [3.8, 4) is 5.75 Å². The summed E-state index contributed by atoms with van der Waals surface area (Å²) in [6.07, 6.45) is 0. The molecule has 0 radical (unpaired) electrons. The van der Waals surface area contributed by atoms with Gasteiger partial charge in [0.05, 0.1) is 18.1 Å². The fraction of sp³-hybridized carbons (Fsp3) is 0.545. The number of aromatic nitrogens is 2. The van der Waals surface area contributed by atoms with Crippen LogP contribution >= 0.6 is 0 Å². The molecule has 0 spiro atoms. The number of sulfonamides is 1. The van der Waals surface area contributed by atoms with Gasteiger partial charge < -0.3 is 19.6 Å². The molecule has 3 heterocycles. The number of anilines is 2. The lowest BCUT2D eigenvalue weighted by Crippen LogP contribution is -2.49. The van der Waals surface area contributed by atoms with E-state index in [1.807, 2.05) is 19.1 Å². The zero-order chi connectivity index (χ0) is 23.3. The highest BCUT2D eigenvalue weighted by Gasteiger charge is 2.29. The third-order valence-electron chi connectivity index (χ3n) is 6.08. The lowest BCUT2D eigenvalue weighted by molar-refractivity contribution is 0.188. The Morgan fingerprint density at radius 3 is 1.88 bits per heavy atom. The topological polar surface area (TPSA) is 102 Å². The van der Waals surface area contributed by atoms with Gasteiger partial charge in [-0.25, -0.2) is 8.42 Å². The van der Waals surface area contributed by atoms with Crippen LogP contribution in [0.15, 0.2) is 41.3 Å². The van der Waals surface area contributed by atoms with Crippen LogP contribution in [0.25, 0.3) is 0 Å². The number of aliphatic hydroxyl groups excluding tert-OH is 1. The molecule has 0 unspecified atom stereocenters. The average molecular weight is 477 g/mol. The summed E-state index contributed by atoms with van der Waals surface area (Å²) in [6.45, 7) is 8.74. The molecule has 2 saturated heterocycles. The number of benzene rings is 1. The molecule has 10 nitrogen and oxygen atoms in total. The predicted molar refractivity (Wildman–Crippen MR) is 126 cm³/mol. The molecule has 0 saturated carbocycles. The highest BCUT2D eigenvalue weighted by Crippen LogP contribution is 2.23. The summed E-state index contributed by atoms with van der Waals surface area (Å²) in [5.41, 5.74) is 0. The molecule has 1 N–H and O–H groups in total. The number of hydrogen-bond donors (Lipinski definition) is 1. The zero-order valence-corrected chi connectivity index (χ0v) is 19.8. The Hall–Kier alpha value is -2.47. The Bertz CT molecular complexity index is 987. The third-order valence-corrected chi connectivity index (χ3v) is 8.00. The average Bonchev–Trinajstić information content (AvgIpc) is 2.85. The molecule has 1 aromatic carbocycles. The fourth-order valence-electron chi connectivity index (χ4n) is 4.18. The van der Waals surface area contributed by atoms with Crippen LogP contribution in [0.3, 0.4) is 0 Å². The van der Waals surface area contributed by atoms with Gasteiger partial charge in [-0.1, -0.05) is 0 Å². The molecular weight excluding hydrogens is 444 g/mol. The Labute approximate surface area is 195 Å². The van der Waals surface area contributed by atoms with Gasteiger partial charge in [-0.05, 0) is 43.3 Å². The number of aliphatic hydroxyl groups is 1. The molecule has 0 atom stereocenters. The van der Waals surface area contributed by atoms with Crippen LogP contribution in [0.1, 0.15) is 6.92 Å². The monoisotopic (exact) mass is 476 g/mol. The Morgan fingerprint density at radius 2 is 1.39 bits per heavy atom. The SMILES string of the molecule is CCOc1ccc(S(=O)(=O)N2CCN(c3ccc(N4CCN(CCO)CC4)nn3)CC2)cc1. The van der Waals surface area contributed by atoms with Crippen LogP contribution in [-0.2, 0) is 10.0 Å². The third kappa shape index (κ3) is 5.55. The second-order valence-corrected chi connectivity index (χ2v) is 10.0. The first-order valence-electron chi connectivity index (χ1n) is 11.4. The fourth-order valence-corrected chi connectivity index (χ4v) is 5.60. The van der Waals surface area contributed by atoms with Gasteiger partial charge in [0.25, 0.3) is 0 Å². The molecule has 4 rings (SSSR count). The molecule has 0 amide bonds. The van der Waals surface area contributed by atoms with E-state index in [9.17, 15) is 8.42 Å². The predicted octanol–water partition coefficient (Wildman–Crippen LogP) is 0.501. The van der Waals surface area contributed by atoms with Crippen molar-refractivity contribution in [2.75, 3.05) is 81.9 Å². The van der Waals surface area contributed by atoms with E-state index < -0.39 is 10.0 Å². The smallest absolute Gasteiger partial charge is 0.243 e. The van der Waals surface area contributed by atoms with Crippen molar-refractivity contribution in [3.63, 3.8) is 0 Å². The first-order valence-corrected chi connectivity index (χ1v) is 12.8. The minimum Gasteiger partial charge on any atom is -0.494 e. The summed E-state index contributed by atoms with van der Waals surface area (Å²) in [4.78, 5) is 6.79. The molecule has 0 bridgehead atoms. The summed E-state index contributed by atoms with van der Waals surface area (Å²) in [7, 11) is -3.54. The van der Waals surface area contributed by atoms with E-state index in [-0.39, 0.29) is 11.5 Å². The Morgan fingerprint density at radius 1 is 0.848 bits per heavy atom. The number of hydrogen-bond acceptors (Lipinski definition) is 9. The van der Waals surface area contributed by atoms with Gasteiger partial charge in [-0.3, -0.25) is 4.90 Å². The second kappa shape index (κ2) is 10.6. The zero-order valence-electron chi connectivity index (χ0n) is 19.0. The van der Waals surface area contributed by atoms with Crippen molar-refractivity contribution in [1.29, 1.82) is 0 Å². The van der Waals surface area contributed by atoms with Crippen molar-refractivity contribution in [3.05, 3.63) is 36.4 Å². The van der Waals surface area contributed by atoms with E-state index in [1.165, 1.54) is 4.31 Å². The van der Waals surface area contributed by atoms with Gasteiger partial charge in [0.15, 0.2) is 11.6 Å². The molecular formula is C22H32N6O4S. The van der Waals surface area contributed by atoms with Gasteiger partial charge in [-0.15, -0.1) is 10.2 Å². The maximum Gasteiger partial charge on any atom is 0.243 e. The maximum absolute atomic E-state index is 13.0. The van der Waals surface area contributed by atoms with Crippen LogP contribution in [-0.4, -0.2) is 105 Å². The summed E-state index contributed by atoms with van der Waals surface area (Å²) in [5, 5.41) is 17.9. The summed E-state index contributed by atoms with van der Waals surface area (Å²) in [5.74, 6) is 2.27. The molecule has 180 valence electrons. The number of piperazine rings is 2. The molecule has 11 heteroatoms. The Balaban J connectivity index is 1.32. The van der Waals surface area contributed by atoms with Gasteiger partial charge >= 0.3 is 0 Å². The molecule has 2 fully saturated rings. The van der Waals surface area contributed by atoms with E-state index in [4.69, 9.17) is 9.84 Å². The van der Waals surface area contributed by atoms with Crippen LogP contribution in [0.4, 0.5) is 11.6 Å². The first kappa shape index (κ1) is 23.7. The highest BCUT2D eigenvalue weighted by atomic mass is 32.2. The van der Waals surface area contributed by atoms with E-state index in [0.717, 1.165) is 37.8 Å². The Kier molecular flexibility index (Phi) is 7.63. The van der Waals surface area contributed by atoms with Gasteiger partial charge in [0.2, 0.25) is 10.0 Å². The lowest BCUT2D eigenvalue weighted by atomic mass is 10.3. The molecule has 0 aliphatic carbocycles. The minimum absolute atomic E-state index is 0.184. The van der Waals surface area contributed by atoms with Crippen molar-refractivity contribution < 1.29 is 18.3 Å². The minimum atomic E-state index is -3.54. The van der Waals surface area contributed by atoms with Crippen LogP contribution in [0.5, 0.6) is 5.75 Å². The second-order valence-electron chi connectivity index (χ2n) is 8.10. The molecule has 1 aromatic heterocycles. The first-order chi connectivity index (χ1) is 16.0. The molecule has 2 aliphatic rings. The van der Waals surface area contributed by atoms with E-state index in [1.54, 1.807) is 24.3 Å². The maximum atomic E-state index is 13.0. The van der Waals surface area contributed by atoms with Crippen molar-refractivity contribution in [1.82, 2.24) is 19.4 Å².